The molecule has 1 unspecified atom stereocenters. The second-order valence-corrected chi connectivity index (χ2v) is 4.97. The molecule has 100 valence electrons. The van der Waals surface area contributed by atoms with Gasteiger partial charge < -0.3 is 21.3 Å². The minimum atomic E-state index is -0.530. The van der Waals surface area contributed by atoms with Gasteiger partial charge in [0.15, 0.2) is 0 Å². The summed E-state index contributed by atoms with van der Waals surface area (Å²) in [4.78, 5) is 12.0. The summed E-state index contributed by atoms with van der Waals surface area (Å²) >= 11 is 0. The third-order valence-corrected chi connectivity index (χ3v) is 3.26. The van der Waals surface area contributed by atoms with E-state index in [1.54, 1.807) is 0 Å². The maximum atomic E-state index is 12.0. The predicted octanol–water partition coefficient (Wildman–Crippen LogP) is 1.20. The Labute approximate surface area is 107 Å². The molecule has 0 radical (unpaired) electrons. The molecule has 1 atom stereocenters. The molecular formula is C13H20N2O3. The lowest BCUT2D eigenvalue weighted by Gasteiger charge is -2.33. The van der Waals surface area contributed by atoms with E-state index in [9.17, 15) is 15.0 Å². The summed E-state index contributed by atoms with van der Waals surface area (Å²) in [5.74, 6) is -0.515. The van der Waals surface area contributed by atoms with E-state index >= 15 is 0 Å². The molecule has 0 aromatic heterocycles. The van der Waals surface area contributed by atoms with Gasteiger partial charge in [0.1, 0.15) is 11.5 Å². The summed E-state index contributed by atoms with van der Waals surface area (Å²) in [6.45, 7) is 6.10. The number of phenols is 2. The molecule has 18 heavy (non-hydrogen) atoms. The second kappa shape index (κ2) is 5.27. The van der Waals surface area contributed by atoms with Crippen molar-refractivity contribution in [3.63, 3.8) is 0 Å². The van der Waals surface area contributed by atoms with E-state index in [-0.39, 0.29) is 28.9 Å². The SMILES string of the molecule is CC(C)C(C)(CN)NC(=O)c1cc(O)cc(O)c1. The first-order valence-electron chi connectivity index (χ1n) is 5.84. The molecule has 0 aliphatic heterocycles. The molecule has 0 heterocycles. The maximum absolute atomic E-state index is 12.0. The van der Waals surface area contributed by atoms with Gasteiger partial charge in [0.25, 0.3) is 5.91 Å². The fraction of sp³-hybridized carbons (Fsp3) is 0.462. The normalized spacial score (nSPS) is 14.3. The van der Waals surface area contributed by atoms with E-state index in [0.717, 1.165) is 0 Å². The van der Waals surface area contributed by atoms with Crippen molar-refractivity contribution in [1.29, 1.82) is 0 Å². The summed E-state index contributed by atoms with van der Waals surface area (Å²) in [6.07, 6.45) is 0. The number of hydrogen-bond acceptors (Lipinski definition) is 4. The maximum Gasteiger partial charge on any atom is 0.252 e. The van der Waals surface area contributed by atoms with Gasteiger partial charge in [-0.2, -0.15) is 0 Å². The zero-order chi connectivity index (χ0) is 13.9. The van der Waals surface area contributed by atoms with E-state index in [0.29, 0.717) is 6.54 Å². The molecule has 1 amide bonds. The smallest absolute Gasteiger partial charge is 0.252 e. The quantitative estimate of drug-likeness (QED) is 0.647. The molecule has 0 aliphatic carbocycles. The summed E-state index contributed by atoms with van der Waals surface area (Å²) < 4.78 is 0. The summed E-state index contributed by atoms with van der Waals surface area (Å²) in [5.41, 5.74) is 5.35. The zero-order valence-corrected chi connectivity index (χ0v) is 10.9. The van der Waals surface area contributed by atoms with Crippen LogP contribution >= 0.6 is 0 Å². The van der Waals surface area contributed by atoms with Gasteiger partial charge in [-0.3, -0.25) is 4.79 Å². The minimum absolute atomic E-state index is 0.154. The zero-order valence-electron chi connectivity index (χ0n) is 10.9. The second-order valence-electron chi connectivity index (χ2n) is 4.97. The molecule has 1 aromatic carbocycles. The van der Waals surface area contributed by atoms with Gasteiger partial charge in [-0.15, -0.1) is 0 Å². The number of carbonyl (C=O) groups is 1. The van der Waals surface area contributed by atoms with E-state index < -0.39 is 5.54 Å². The molecule has 0 saturated heterocycles. The van der Waals surface area contributed by atoms with Gasteiger partial charge in [-0.25, -0.2) is 0 Å². The molecule has 0 fully saturated rings. The topological polar surface area (TPSA) is 95.6 Å². The summed E-state index contributed by atoms with van der Waals surface area (Å²) in [6, 6.07) is 3.76. The molecule has 1 rings (SSSR count). The Morgan fingerprint density at radius 2 is 1.83 bits per heavy atom. The van der Waals surface area contributed by atoms with E-state index in [1.165, 1.54) is 18.2 Å². The monoisotopic (exact) mass is 252 g/mol. The fourth-order valence-corrected chi connectivity index (χ4v) is 1.49. The Morgan fingerprint density at radius 1 is 1.33 bits per heavy atom. The predicted molar refractivity (Wildman–Crippen MR) is 69.5 cm³/mol. The van der Waals surface area contributed by atoms with Crippen molar-refractivity contribution >= 4 is 5.91 Å². The van der Waals surface area contributed by atoms with Crippen molar-refractivity contribution in [1.82, 2.24) is 5.32 Å². The van der Waals surface area contributed by atoms with Gasteiger partial charge in [0.05, 0.1) is 5.54 Å². The summed E-state index contributed by atoms with van der Waals surface area (Å²) in [7, 11) is 0. The van der Waals surface area contributed by atoms with Crippen LogP contribution in [-0.4, -0.2) is 28.2 Å². The largest absolute Gasteiger partial charge is 0.508 e. The van der Waals surface area contributed by atoms with Crippen LogP contribution in [0.5, 0.6) is 11.5 Å². The first kappa shape index (κ1) is 14.3. The number of benzene rings is 1. The minimum Gasteiger partial charge on any atom is -0.508 e. The van der Waals surface area contributed by atoms with Crippen LogP contribution in [0.15, 0.2) is 18.2 Å². The lowest BCUT2D eigenvalue weighted by molar-refractivity contribution is 0.0882. The fourth-order valence-electron chi connectivity index (χ4n) is 1.49. The highest BCUT2D eigenvalue weighted by Gasteiger charge is 2.29. The van der Waals surface area contributed by atoms with Crippen LogP contribution in [0, 0.1) is 5.92 Å². The van der Waals surface area contributed by atoms with Crippen LogP contribution in [0.25, 0.3) is 0 Å². The first-order chi connectivity index (χ1) is 8.28. The van der Waals surface area contributed by atoms with E-state index in [4.69, 9.17) is 5.73 Å². The Balaban J connectivity index is 2.94. The highest BCUT2D eigenvalue weighted by Crippen LogP contribution is 2.22. The third-order valence-electron chi connectivity index (χ3n) is 3.26. The Morgan fingerprint density at radius 3 is 2.22 bits per heavy atom. The lowest BCUT2D eigenvalue weighted by Crippen LogP contribution is -2.55. The number of aromatic hydroxyl groups is 2. The molecule has 1 aromatic rings. The number of nitrogens with one attached hydrogen (secondary N) is 1. The molecule has 0 aliphatic rings. The van der Waals surface area contributed by atoms with E-state index in [1.807, 2.05) is 20.8 Å². The van der Waals surface area contributed by atoms with Crippen LogP contribution in [0.3, 0.4) is 0 Å². The van der Waals surface area contributed by atoms with Gasteiger partial charge in [0.2, 0.25) is 0 Å². The Kier molecular flexibility index (Phi) is 4.19. The van der Waals surface area contributed by atoms with Gasteiger partial charge >= 0.3 is 0 Å². The average Bonchev–Trinajstić information content (AvgIpc) is 2.27. The standard InChI is InChI=1S/C13H20N2O3/c1-8(2)13(3,7-14)15-12(18)9-4-10(16)6-11(17)5-9/h4-6,8,16-17H,7,14H2,1-3H3,(H,15,18). The third kappa shape index (κ3) is 3.13. The van der Waals surface area contributed by atoms with Crippen molar-refractivity contribution in [2.45, 2.75) is 26.3 Å². The molecule has 0 spiro atoms. The number of rotatable bonds is 4. The van der Waals surface area contributed by atoms with Crippen LogP contribution < -0.4 is 11.1 Å². The van der Waals surface area contributed by atoms with E-state index in [2.05, 4.69) is 5.32 Å². The average molecular weight is 252 g/mol. The molecule has 5 heteroatoms. The van der Waals surface area contributed by atoms with Crippen LogP contribution in [0.4, 0.5) is 0 Å². The Bertz CT molecular complexity index is 426. The van der Waals surface area contributed by atoms with Crippen molar-refractivity contribution in [2.75, 3.05) is 6.54 Å². The first-order valence-corrected chi connectivity index (χ1v) is 5.84. The van der Waals surface area contributed by atoms with Gasteiger partial charge in [0, 0.05) is 18.2 Å². The van der Waals surface area contributed by atoms with Crippen LogP contribution in [0.1, 0.15) is 31.1 Å². The van der Waals surface area contributed by atoms with Gasteiger partial charge in [-0.1, -0.05) is 13.8 Å². The lowest BCUT2D eigenvalue weighted by atomic mass is 9.88. The molecular weight excluding hydrogens is 232 g/mol. The number of hydrogen-bond donors (Lipinski definition) is 4. The number of phenolic OH excluding ortho intramolecular Hbond substituents is 2. The van der Waals surface area contributed by atoms with Crippen LogP contribution in [0.2, 0.25) is 0 Å². The van der Waals surface area contributed by atoms with Crippen molar-refractivity contribution in [3.05, 3.63) is 23.8 Å². The molecule has 5 nitrogen and oxygen atoms in total. The number of amides is 1. The van der Waals surface area contributed by atoms with Gasteiger partial charge in [-0.05, 0) is 25.0 Å². The van der Waals surface area contributed by atoms with Crippen LogP contribution in [-0.2, 0) is 0 Å². The molecule has 0 bridgehead atoms. The summed E-state index contributed by atoms with van der Waals surface area (Å²) in [5, 5.41) is 21.5. The molecule has 0 saturated carbocycles. The molecule has 5 N–H and O–H groups in total. The number of carbonyl (C=O) groups excluding carboxylic acids is 1. The van der Waals surface area contributed by atoms with Crippen molar-refractivity contribution in [3.8, 4) is 11.5 Å². The Hall–Kier alpha value is -1.75. The van der Waals surface area contributed by atoms with Crippen molar-refractivity contribution < 1.29 is 15.0 Å². The highest BCUT2D eigenvalue weighted by molar-refractivity contribution is 5.95. The van der Waals surface area contributed by atoms with Crippen molar-refractivity contribution in [2.24, 2.45) is 11.7 Å². The number of nitrogens with two attached hydrogens (primary N) is 1. The highest BCUT2D eigenvalue weighted by atomic mass is 16.3.